The SMILES string of the molecule is O=C1NC(=O)C(Cc2ccc(CCSc3ccccc3)cc2)S1. The van der Waals surface area contributed by atoms with Crippen LogP contribution in [0.1, 0.15) is 11.1 Å². The van der Waals surface area contributed by atoms with Crippen molar-refractivity contribution in [2.24, 2.45) is 0 Å². The van der Waals surface area contributed by atoms with Crippen molar-refractivity contribution in [2.75, 3.05) is 5.75 Å². The Bertz CT molecular complexity index is 686. The predicted octanol–water partition coefficient (Wildman–Crippen LogP) is 3.92. The molecule has 0 spiro atoms. The van der Waals surface area contributed by atoms with Crippen molar-refractivity contribution in [3.8, 4) is 0 Å². The van der Waals surface area contributed by atoms with E-state index in [0.717, 1.165) is 29.5 Å². The maximum absolute atomic E-state index is 11.6. The highest BCUT2D eigenvalue weighted by Crippen LogP contribution is 2.23. The fraction of sp³-hybridized carbons (Fsp3) is 0.222. The number of amides is 2. The largest absolute Gasteiger partial charge is 0.286 e. The molecule has 1 heterocycles. The van der Waals surface area contributed by atoms with Crippen LogP contribution in [-0.4, -0.2) is 22.1 Å². The van der Waals surface area contributed by atoms with Crippen molar-refractivity contribution in [1.29, 1.82) is 0 Å². The van der Waals surface area contributed by atoms with Crippen LogP contribution in [0, 0.1) is 0 Å². The maximum atomic E-state index is 11.6. The van der Waals surface area contributed by atoms with Crippen LogP contribution < -0.4 is 5.32 Å². The van der Waals surface area contributed by atoms with Gasteiger partial charge >= 0.3 is 0 Å². The van der Waals surface area contributed by atoms with Crippen LogP contribution >= 0.6 is 23.5 Å². The van der Waals surface area contributed by atoms with Gasteiger partial charge in [0.25, 0.3) is 5.24 Å². The Kier molecular flexibility index (Phi) is 5.41. The summed E-state index contributed by atoms with van der Waals surface area (Å²) in [5.74, 6) is 0.863. The molecular formula is C18H17NO2S2. The molecule has 0 aliphatic carbocycles. The van der Waals surface area contributed by atoms with Crippen LogP contribution in [0.5, 0.6) is 0 Å². The van der Waals surface area contributed by atoms with Gasteiger partial charge in [-0.15, -0.1) is 11.8 Å². The van der Waals surface area contributed by atoms with Crippen molar-refractivity contribution in [3.05, 3.63) is 65.7 Å². The molecule has 2 aromatic rings. The zero-order chi connectivity index (χ0) is 16.1. The molecule has 1 saturated heterocycles. The van der Waals surface area contributed by atoms with Crippen molar-refractivity contribution in [2.45, 2.75) is 23.0 Å². The van der Waals surface area contributed by atoms with Gasteiger partial charge in [0.2, 0.25) is 5.91 Å². The lowest BCUT2D eigenvalue weighted by Crippen LogP contribution is -2.25. The molecule has 0 bridgehead atoms. The zero-order valence-corrected chi connectivity index (χ0v) is 14.2. The first-order valence-corrected chi connectivity index (χ1v) is 9.34. The number of thioether (sulfide) groups is 2. The molecule has 5 heteroatoms. The van der Waals surface area contributed by atoms with Crippen LogP contribution in [0.3, 0.4) is 0 Å². The minimum absolute atomic E-state index is 0.177. The first-order chi connectivity index (χ1) is 11.2. The molecule has 1 aliphatic heterocycles. The van der Waals surface area contributed by atoms with Crippen LogP contribution in [0.2, 0.25) is 0 Å². The van der Waals surface area contributed by atoms with E-state index in [4.69, 9.17) is 0 Å². The van der Waals surface area contributed by atoms with Crippen molar-refractivity contribution >= 4 is 34.7 Å². The van der Waals surface area contributed by atoms with E-state index >= 15 is 0 Å². The smallest absolute Gasteiger partial charge is 0.286 e. The standard InChI is InChI=1S/C18H17NO2S2/c20-17-16(23-18(21)19-17)12-14-8-6-13(7-9-14)10-11-22-15-4-2-1-3-5-15/h1-9,16H,10-12H2,(H,19,20,21). The average Bonchev–Trinajstić information content (AvgIpc) is 2.88. The fourth-order valence-corrected chi connectivity index (χ4v) is 4.17. The van der Waals surface area contributed by atoms with Crippen molar-refractivity contribution in [3.63, 3.8) is 0 Å². The van der Waals surface area contributed by atoms with Gasteiger partial charge in [-0.3, -0.25) is 14.9 Å². The van der Waals surface area contributed by atoms with E-state index in [0.29, 0.717) is 6.42 Å². The Balaban J connectivity index is 1.49. The number of carbonyl (C=O) groups is 2. The topological polar surface area (TPSA) is 46.2 Å². The van der Waals surface area contributed by atoms with Crippen LogP contribution in [-0.2, 0) is 17.6 Å². The Labute approximate surface area is 144 Å². The number of benzene rings is 2. The first-order valence-electron chi connectivity index (χ1n) is 7.48. The highest BCUT2D eigenvalue weighted by atomic mass is 32.2. The van der Waals surface area contributed by atoms with Crippen molar-refractivity contribution < 1.29 is 9.59 Å². The molecule has 2 amide bonds. The number of carbonyl (C=O) groups excluding carboxylic acids is 2. The van der Waals surface area contributed by atoms with Gasteiger partial charge in [-0.2, -0.15) is 0 Å². The van der Waals surface area contributed by atoms with Gasteiger partial charge in [-0.25, -0.2) is 0 Å². The summed E-state index contributed by atoms with van der Waals surface area (Å²) in [6.45, 7) is 0. The van der Waals surface area contributed by atoms with Gasteiger partial charge in [-0.1, -0.05) is 54.2 Å². The molecule has 0 aromatic heterocycles. The molecule has 1 aliphatic rings. The number of nitrogens with one attached hydrogen (secondary N) is 1. The second-order valence-corrected chi connectivity index (χ2v) is 7.66. The summed E-state index contributed by atoms with van der Waals surface area (Å²) in [4.78, 5) is 24.0. The predicted molar refractivity (Wildman–Crippen MR) is 95.9 cm³/mol. The normalized spacial score (nSPS) is 17.3. The molecule has 118 valence electrons. The van der Waals surface area contributed by atoms with E-state index in [1.807, 2.05) is 17.8 Å². The number of imide groups is 1. The quantitative estimate of drug-likeness (QED) is 0.808. The summed E-state index contributed by atoms with van der Waals surface area (Å²) < 4.78 is 0. The summed E-state index contributed by atoms with van der Waals surface area (Å²) in [6, 6.07) is 18.7. The van der Waals surface area contributed by atoms with Gasteiger partial charge in [0.1, 0.15) is 0 Å². The first kappa shape index (κ1) is 16.1. The highest BCUT2D eigenvalue weighted by Gasteiger charge is 2.31. The third-order valence-electron chi connectivity index (χ3n) is 3.61. The van der Waals surface area contributed by atoms with E-state index in [9.17, 15) is 9.59 Å². The molecule has 3 rings (SSSR count). The lowest BCUT2D eigenvalue weighted by Gasteiger charge is -2.07. The number of aryl methyl sites for hydroxylation is 1. The Morgan fingerprint density at radius 2 is 1.65 bits per heavy atom. The Morgan fingerprint density at radius 1 is 0.957 bits per heavy atom. The van der Waals surface area contributed by atoms with Crippen LogP contribution in [0.25, 0.3) is 0 Å². The summed E-state index contributed by atoms with van der Waals surface area (Å²) in [6.07, 6.45) is 1.61. The minimum Gasteiger partial charge on any atom is -0.286 e. The summed E-state index contributed by atoms with van der Waals surface area (Å²) in [5, 5.41) is 1.79. The van der Waals surface area contributed by atoms with E-state index in [-0.39, 0.29) is 16.4 Å². The highest BCUT2D eigenvalue weighted by molar-refractivity contribution is 8.15. The molecule has 1 N–H and O–H groups in total. The Morgan fingerprint density at radius 3 is 2.30 bits per heavy atom. The maximum Gasteiger partial charge on any atom is 0.286 e. The molecule has 1 fully saturated rings. The van der Waals surface area contributed by atoms with E-state index in [2.05, 4.69) is 53.8 Å². The molecular weight excluding hydrogens is 326 g/mol. The number of hydrogen-bond acceptors (Lipinski definition) is 4. The van der Waals surface area contributed by atoms with Crippen LogP contribution in [0.15, 0.2) is 59.5 Å². The molecule has 23 heavy (non-hydrogen) atoms. The molecule has 0 radical (unpaired) electrons. The third-order valence-corrected chi connectivity index (χ3v) is 5.61. The lowest BCUT2D eigenvalue weighted by molar-refractivity contribution is -0.118. The van der Waals surface area contributed by atoms with E-state index in [1.165, 1.54) is 10.5 Å². The summed E-state index contributed by atoms with van der Waals surface area (Å²) in [7, 11) is 0. The lowest BCUT2D eigenvalue weighted by atomic mass is 10.1. The van der Waals surface area contributed by atoms with E-state index in [1.54, 1.807) is 0 Å². The van der Waals surface area contributed by atoms with Gasteiger partial charge < -0.3 is 0 Å². The second-order valence-electron chi connectivity index (χ2n) is 5.32. The van der Waals surface area contributed by atoms with Gasteiger partial charge in [0.15, 0.2) is 0 Å². The molecule has 3 nitrogen and oxygen atoms in total. The number of rotatable bonds is 6. The third kappa shape index (κ3) is 4.62. The van der Waals surface area contributed by atoms with Gasteiger partial charge in [0.05, 0.1) is 5.25 Å². The fourth-order valence-electron chi connectivity index (χ4n) is 2.39. The van der Waals surface area contributed by atoms with Gasteiger partial charge in [-0.05, 0) is 36.1 Å². The average molecular weight is 343 g/mol. The molecule has 1 atom stereocenters. The molecule has 1 unspecified atom stereocenters. The molecule has 0 saturated carbocycles. The second kappa shape index (κ2) is 7.70. The minimum atomic E-state index is -0.290. The summed E-state index contributed by atoms with van der Waals surface area (Å²) in [5.41, 5.74) is 2.38. The van der Waals surface area contributed by atoms with Crippen LogP contribution in [0.4, 0.5) is 4.79 Å². The monoisotopic (exact) mass is 343 g/mol. The Hall–Kier alpha value is -1.72. The van der Waals surface area contributed by atoms with E-state index < -0.39 is 0 Å². The van der Waals surface area contributed by atoms with Crippen molar-refractivity contribution in [1.82, 2.24) is 5.32 Å². The number of hydrogen-bond donors (Lipinski definition) is 1. The molecule has 2 aromatic carbocycles. The zero-order valence-electron chi connectivity index (χ0n) is 12.5. The summed E-state index contributed by atoms with van der Waals surface area (Å²) >= 11 is 2.93. The van der Waals surface area contributed by atoms with Gasteiger partial charge in [0, 0.05) is 10.6 Å².